The van der Waals surface area contributed by atoms with E-state index in [2.05, 4.69) is 28.8 Å². The van der Waals surface area contributed by atoms with E-state index in [1.54, 1.807) is 0 Å². The van der Waals surface area contributed by atoms with Crippen molar-refractivity contribution in [2.45, 2.75) is 19.9 Å². The lowest BCUT2D eigenvalue weighted by molar-refractivity contribution is -0.119. The molecule has 2 rings (SSSR count). The van der Waals surface area contributed by atoms with Crippen molar-refractivity contribution in [3.05, 3.63) is 29.3 Å². The Balaban J connectivity index is 2.15. The van der Waals surface area contributed by atoms with Crippen LogP contribution in [-0.4, -0.2) is 32.6 Å². The summed E-state index contributed by atoms with van der Waals surface area (Å²) in [6.07, 6.45) is 1.03. The minimum atomic E-state index is 0.0755. The molecule has 1 aromatic rings. The summed E-state index contributed by atoms with van der Waals surface area (Å²) in [5.74, 6) is 0.0755. The van der Waals surface area contributed by atoms with Crippen LogP contribution in [-0.2, 0) is 17.8 Å². The van der Waals surface area contributed by atoms with Crippen molar-refractivity contribution in [1.82, 2.24) is 10.6 Å². The van der Waals surface area contributed by atoms with Gasteiger partial charge in [0.25, 0.3) is 0 Å². The van der Waals surface area contributed by atoms with E-state index in [9.17, 15) is 4.79 Å². The summed E-state index contributed by atoms with van der Waals surface area (Å²) in [6, 6.07) is 6.32. The van der Waals surface area contributed by atoms with Gasteiger partial charge in [-0.05, 0) is 37.1 Å². The number of rotatable bonds is 4. The first-order valence-electron chi connectivity index (χ1n) is 6.51. The molecule has 2 N–H and O–H groups in total. The maximum absolute atomic E-state index is 11.6. The van der Waals surface area contributed by atoms with Gasteiger partial charge in [0.15, 0.2) is 0 Å². The summed E-state index contributed by atoms with van der Waals surface area (Å²) >= 11 is 0. The molecule has 1 heterocycles. The number of likely N-dealkylation sites (N-methyl/N-ethyl adjacent to an activating group) is 2. The van der Waals surface area contributed by atoms with E-state index in [1.165, 1.54) is 16.8 Å². The first-order chi connectivity index (χ1) is 8.72. The molecule has 0 bridgehead atoms. The minimum absolute atomic E-state index is 0.0755. The van der Waals surface area contributed by atoms with Gasteiger partial charge in [-0.25, -0.2) is 0 Å². The lowest BCUT2D eigenvalue weighted by Crippen LogP contribution is -2.36. The van der Waals surface area contributed by atoms with E-state index < -0.39 is 0 Å². The predicted octanol–water partition coefficient (Wildman–Crippen LogP) is 0.905. The Labute approximate surface area is 108 Å². The average molecular weight is 247 g/mol. The average Bonchev–Trinajstić information content (AvgIpc) is 2.38. The number of amides is 1. The normalized spacial score (nSPS) is 13.9. The lowest BCUT2D eigenvalue weighted by atomic mass is 9.98. The molecule has 1 amide bonds. The Kier molecular flexibility index (Phi) is 4.20. The first kappa shape index (κ1) is 12.9. The number of anilines is 1. The zero-order valence-electron chi connectivity index (χ0n) is 11.1. The zero-order chi connectivity index (χ0) is 13.0. The standard InChI is InChI=1S/C14H21N3O/c1-3-16-14(18)10-17(2)13-6-4-5-11-9-15-8-7-12(11)13/h4-6,15H,3,7-10H2,1-2H3,(H,16,18). The molecule has 0 aliphatic carbocycles. The highest BCUT2D eigenvalue weighted by Gasteiger charge is 2.16. The molecule has 1 aromatic carbocycles. The van der Waals surface area contributed by atoms with Crippen molar-refractivity contribution < 1.29 is 4.79 Å². The molecule has 0 radical (unpaired) electrons. The summed E-state index contributed by atoms with van der Waals surface area (Å²) in [7, 11) is 1.98. The molecule has 98 valence electrons. The van der Waals surface area contributed by atoms with Gasteiger partial charge in [-0.15, -0.1) is 0 Å². The molecule has 0 spiro atoms. The number of nitrogens with one attached hydrogen (secondary N) is 2. The Morgan fingerprint density at radius 1 is 1.50 bits per heavy atom. The van der Waals surface area contributed by atoms with Crippen molar-refractivity contribution >= 4 is 11.6 Å². The fourth-order valence-corrected chi connectivity index (χ4v) is 2.42. The highest BCUT2D eigenvalue weighted by Crippen LogP contribution is 2.25. The molecular weight excluding hydrogens is 226 g/mol. The number of hydrogen-bond donors (Lipinski definition) is 2. The monoisotopic (exact) mass is 247 g/mol. The van der Waals surface area contributed by atoms with Crippen LogP contribution in [0.15, 0.2) is 18.2 Å². The highest BCUT2D eigenvalue weighted by atomic mass is 16.2. The quantitative estimate of drug-likeness (QED) is 0.831. The summed E-state index contributed by atoms with van der Waals surface area (Å²) in [4.78, 5) is 13.7. The third kappa shape index (κ3) is 2.82. The van der Waals surface area contributed by atoms with E-state index in [-0.39, 0.29) is 5.91 Å². The molecule has 0 unspecified atom stereocenters. The molecule has 0 saturated carbocycles. The Morgan fingerprint density at radius 2 is 2.33 bits per heavy atom. The van der Waals surface area contributed by atoms with Gasteiger partial charge in [0, 0.05) is 25.8 Å². The fraction of sp³-hybridized carbons (Fsp3) is 0.500. The van der Waals surface area contributed by atoms with Gasteiger partial charge in [0.2, 0.25) is 5.91 Å². The number of carbonyl (C=O) groups is 1. The van der Waals surface area contributed by atoms with Crippen LogP contribution < -0.4 is 15.5 Å². The van der Waals surface area contributed by atoms with E-state index in [0.29, 0.717) is 13.1 Å². The van der Waals surface area contributed by atoms with Gasteiger partial charge >= 0.3 is 0 Å². The van der Waals surface area contributed by atoms with E-state index in [4.69, 9.17) is 0 Å². The summed E-state index contributed by atoms with van der Waals surface area (Å²) in [5.41, 5.74) is 3.91. The number of hydrogen-bond acceptors (Lipinski definition) is 3. The Morgan fingerprint density at radius 3 is 3.11 bits per heavy atom. The maximum atomic E-state index is 11.6. The second kappa shape index (κ2) is 5.87. The Hall–Kier alpha value is -1.55. The van der Waals surface area contributed by atoms with Crippen LogP contribution in [0.4, 0.5) is 5.69 Å². The first-order valence-corrected chi connectivity index (χ1v) is 6.51. The van der Waals surface area contributed by atoms with Crippen molar-refractivity contribution in [3.63, 3.8) is 0 Å². The van der Waals surface area contributed by atoms with Crippen LogP contribution in [0.25, 0.3) is 0 Å². The number of fused-ring (bicyclic) bond motifs is 1. The van der Waals surface area contributed by atoms with Crippen molar-refractivity contribution in [1.29, 1.82) is 0 Å². The summed E-state index contributed by atoms with van der Waals surface area (Å²) in [5, 5.41) is 6.20. The lowest BCUT2D eigenvalue weighted by Gasteiger charge is -2.26. The molecule has 1 aliphatic heterocycles. The van der Waals surface area contributed by atoms with Crippen LogP contribution in [0.1, 0.15) is 18.1 Å². The number of carbonyl (C=O) groups excluding carboxylic acids is 1. The second-order valence-corrected chi connectivity index (χ2v) is 4.65. The van der Waals surface area contributed by atoms with E-state index >= 15 is 0 Å². The zero-order valence-corrected chi connectivity index (χ0v) is 11.1. The topological polar surface area (TPSA) is 44.4 Å². The van der Waals surface area contributed by atoms with Crippen molar-refractivity contribution in [2.24, 2.45) is 0 Å². The van der Waals surface area contributed by atoms with Gasteiger partial charge in [-0.1, -0.05) is 12.1 Å². The van der Waals surface area contributed by atoms with E-state index in [1.807, 2.05) is 18.9 Å². The Bertz CT molecular complexity index is 431. The van der Waals surface area contributed by atoms with Crippen LogP contribution >= 0.6 is 0 Å². The van der Waals surface area contributed by atoms with Gasteiger partial charge in [-0.2, -0.15) is 0 Å². The summed E-state index contributed by atoms with van der Waals surface area (Å²) < 4.78 is 0. The summed E-state index contributed by atoms with van der Waals surface area (Å²) in [6.45, 7) is 4.98. The molecule has 0 atom stereocenters. The molecule has 0 aromatic heterocycles. The SMILES string of the molecule is CCNC(=O)CN(C)c1cccc2c1CCNC2. The van der Waals surface area contributed by atoms with Crippen molar-refractivity contribution in [3.8, 4) is 0 Å². The largest absolute Gasteiger partial charge is 0.365 e. The van der Waals surface area contributed by atoms with Gasteiger partial charge < -0.3 is 15.5 Å². The number of nitrogens with zero attached hydrogens (tertiary/aromatic N) is 1. The molecule has 0 fully saturated rings. The molecule has 4 nitrogen and oxygen atoms in total. The molecule has 4 heteroatoms. The molecule has 1 aliphatic rings. The third-order valence-electron chi connectivity index (χ3n) is 3.28. The minimum Gasteiger partial charge on any atom is -0.365 e. The molecule has 0 saturated heterocycles. The fourth-order valence-electron chi connectivity index (χ4n) is 2.42. The molecule has 18 heavy (non-hydrogen) atoms. The predicted molar refractivity (Wildman–Crippen MR) is 73.8 cm³/mol. The molecular formula is C14H21N3O. The third-order valence-corrected chi connectivity index (χ3v) is 3.28. The van der Waals surface area contributed by atoms with Crippen LogP contribution in [0.2, 0.25) is 0 Å². The van der Waals surface area contributed by atoms with E-state index in [0.717, 1.165) is 19.5 Å². The van der Waals surface area contributed by atoms with Gasteiger partial charge in [0.1, 0.15) is 0 Å². The highest BCUT2D eigenvalue weighted by molar-refractivity contribution is 5.81. The van der Waals surface area contributed by atoms with Crippen LogP contribution in [0, 0.1) is 0 Å². The number of benzene rings is 1. The van der Waals surface area contributed by atoms with Gasteiger partial charge in [0.05, 0.1) is 6.54 Å². The smallest absolute Gasteiger partial charge is 0.239 e. The maximum Gasteiger partial charge on any atom is 0.239 e. The van der Waals surface area contributed by atoms with Gasteiger partial charge in [-0.3, -0.25) is 4.79 Å². The second-order valence-electron chi connectivity index (χ2n) is 4.65. The van der Waals surface area contributed by atoms with Crippen molar-refractivity contribution in [2.75, 3.05) is 31.6 Å². The van der Waals surface area contributed by atoms with Crippen LogP contribution in [0.5, 0.6) is 0 Å². The van der Waals surface area contributed by atoms with Crippen LogP contribution in [0.3, 0.4) is 0 Å².